The van der Waals surface area contributed by atoms with Gasteiger partial charge in [-0.1, -0.05) is 76.3 Å². The molecule has 426 valence electrons. The average molecular weight is 1080 g/mol. The zero-order valence-electron chi connectivity index (χ0n) is 46.4. The number of amides is 3. The molecule has 19 nitrogen and oxygen atoms in total. The van der Waals surface area contributed by atoms with Gasteiger partial charge >= 0.3 is 12.0 Å². The largest absolute Gasteiger partial charge is 0.460 e. The molecule has 1 aromatic rings. The number of hydrogen-bond donors (Lipinski definition) is 4. The van der Waals surface area contributed by atoms with Crippen LogP contribution in [0.3, 0.4) is 0 Å². The monoisotopic (exact) mass is 1080 g/mol. The van der Waals surface area contributed by atoms with Crippen LogP contribution < -0.4 is 4.90 Å². The van der Waals surface area contributed by atoms with Crippen molar-refractivity contribution in [2.45, 2.75) is 198 Å². The number of carbonyl (C=O) groups is 6. The van der Waals surface area contributed by atoms with Gasteiger partial charge in [-0.05, 0) is 114 Å². The van der Waals surface area contributed by atoms with E-state index in [0.717, 1.165) is 4.90 Å². The van der Waals surface area contributed by atoms with Crippen molar-refractivity contribution in [3.05, 3.63) is 66.3 Å². The Balaban J connectivity index is 1.23. The van der Waals surface area contributed by atoms with Crippen LogP contribution in [0.25, 0.3) is 0 Å². The van der Waals surface area contributed by atoms with Gasteiger partial charge in [-0.15, -0.1) is 0 Å². The molecule has 19 heteroatoms. The number of allylic oxidation sites excluding steroid dienone is 2. The fourth-order valence-electron chi connectivity index (χ4n) is 12.6. The number of rotatable bonds is 7. The van der Waals surface area contributed by atoms with Gasteiger partial charge in [0.05, 0.1) is 30.5 Å². The topological polar surface area (TPSA) is 242 Å². The number of Topliss-reactive ketones (excluding diaryl/α,β-unsaturated/α-hetero) is 3. The number of anilines is 1. The minimum Gasteiger partial charge on any atom is -0.460 e. The Kier molecular flexibility index (Phi) is 19.9. The lowest BCUT2D eigenvalue weighted by Gasteiger charge is -2.50. The van der Waals surface area contributed by atoms with E-state index in [1.165, 1.54) is 24.1 Å². The summed E-state index contributed by atoms with van der Waals surface area (Å²) in [4.78, 5) is 88.9. The second kappa shape index (κ2) is 25.6. The maximum atomic E-state index is 14.8. The van der Waals surface area contributed by atoms with Crippen molar-refractivity contribution in [3.63, 3.8) is 0 Å². The van der Waals surface area contributed by atoms with Crippen LogP contribution in [-0.2, 0) is 47.7 Å². The highest BCUT2D eigenvalue weighted by molar-refractivity contribution is 6.39. The first-order valence-corrected chi connectivity index (χ1v) is 27.7. The molecule has 3 amide bonds. The molecule has 4 N–H and O–H groups in total. The first-order valence-electron chi connectivity index (χ1n) is 27.7. The normalized spacial score (nSPS) is 39.4. The first-order chi connectivity index (χ1) is 36.6. The summed E-state index contributed by atoms with van der Waals surface area (Å²) in [5.74, 6) is -8.31. The maximum absolute atomic E-state index is 14.8. The van der Waals surface area contributed by atoms with Crippen molar-refractivity contribution in [1.29, 1.82) is 0 Å². The molecular formula is C58H84N4O15. The van der Waals surface area contributed by atoms with Gasteiger partial charge in [0.1, 0.15) is 35.7 Å². The van der Waals surface area contributed by atoms with E-state index in [1.54, 1.807) is 76.2 Å². The van der Waals surface area contributed by atoms with E-state index >= 15 is 0 Å². The number of hydrogen-bond acceptors (Lipinski definition) is 16. The molecule has 1 aromatic carbocycles. The van der Waals surface area contributed by atoms with E-state index in [2.05, 4.69) is 0 Å². The van der Waals surface area contributed by atoms with Crippen LogP contribution in [-0.4, -0.2) is 171 Å². The van der Waals surface area contributed by atoms with Crippen LogP contribution in [0, 0.1) is 29.6 Å². The van der Waals surface area contributed by atoms with Crippen molar-refractivity contribution >= 4 is 40.9 Å². The number of para-hydroxylation sites is 1. The summed E-state index contributed by atoms with van der Waals surface area (Å²) in [6, 6.07) is 6.31. The minimum absolute atomic E-state index is 0.0219. The Morgan fingerprint density at radius 2 is 1.57 bits per heavy atom. The predicted octanol–water partition coefficient (Wildman–Crippen LogP) is 5.56. The number of urea groups is 1. The van der Waals surface area contributed by atoms with Crippen LogP contribution in [0.2, 0.25) is 0 Å². The van der Waals surface area contributed by atoms with Crippen molar-refractivity contribution in [2.24, 2.45) is 29.6 Å². The van der Waals surface area contributed by atoms with Crippen molar-refractivity contribution in [3.8, 4) is 0 Å². The van der Waals surface area contributed by atoms with E-state index < -0.39 is 102 Å². The molecule has 8 rings (SSSR count). The number of ketones is 3. The van der Waals surface area contributed by atoms with Crippen molar-refractivity contribution in [2.75, 3.05) is 32.8 Å². The highest BCUT2D eigenvalue weighted by Crippen LogP contribution is 2.44. The van der Waals surface area contributed by atoms with Gasteiger partial charge in [0.2, 0.25) is 12.1 Å². The number of ether oxygens (including phenoxy) is 5. The van der Waals surface area contributed by atoms with Gasteiger partial charge in [-0.2, -0.15) is 5.01 Å². The molecule has 6 aliphatic heterocycles. The number of esters is 1. The molecule has 6 heterocycles. The van der Waals surface area contributed by atoms with E-state index in [1.807, 2.05) is 38.2 Å². The SMILES string of the molecule is CO[C@H]1C[C@@H]2CC[C@@H](C)[C@@](O)(O2)C(=O)C(=O)N2CCCCC2C(=O)O[C@H]([C@H](C)C[C@@H]2CC[C@@H](O)[C@H](OC)C2)CC(=O)C/C=C(\C)[C@@H](O)[C@@H](OC)C(=O)[C@H](C)C[C@H](C)/C=C/C2C=CC1(C)N1C(=O)N(c3ccccc3)C(O)N21. The molecule has 4 fully saturated rings. The third-order valence-corrected chi connectivity index (χ3v) is 17.4. The number of hydrazine groups is 1. The zero-order chi connectivity index (χ0) is 56.1. The number of aliphatic hydroxyl groups excluding tert-OH is 3. The maximum Gasteiger partial charge on any atom is 0.343 e. The predicted molar refractivity (Wildman–Crippen MR) is 283 cm³/mol. The lowest BCUT2D eigenvalue weighted by molar-refractivity contribution is -0.268. The lowest BCUT2D eigenvalue weighted by Crippen LogP contribution is -2.65. The fourth-order valence-corrected chi connectivity index (χ4v) is 12.6. The van der Waals surface area contributed by atoms with Gasteiger partial charge in [-0.25, -0.2) is 14.6 Å². The number of piperidine rings is 1. The summed E-state index contributed by atoms with van der Waals surface area (Å²) in [6.07, 6.45) is 5.34. The molecule has 0 radical (unpaired) electrons. The molecule has 77 heavy (non-hydrogen) atoms. The molecule has 0 aromatic heterocycles. The van der Waals surface area contributed by atoms with Gasteiger partial charge in [0, 0.05) is 64.7 Å². The summed E-state index contributed by atoms with van der Waals surface area (Å²) in [7, 11) is 4.37. The van der Waals surface area contributed by atoms with Gasteiger partial charge in [0.15, 0.2) is 5.78 Å². The molecular weight excluding hydrogens is 993 g/mol. The highest BCUT2D eigenvalue weighted by Gasteiger charge is 2.59. The number of carbonyl (C=O) groups excluding carboxylic acids is 6. The summed E-state index contributed by atoms with van der Waals surface area (Å²) in [5, 5.41) is 49.6. The molecule has 7 aliphatic rings. The average Bonchev–Trinajstić information content (AvgIpc) is 3.78. The van der Waals surface area contributed by atoms with Gasteiger partial charge in [-0.3, -0.25) is 24.1 Å². The second-order valence-electron chi connectivity index (χ2n) is 22.9. The van der Waals surface area contributed by atoms with E-state index in [0.29, 0.717) is 62.6 Å². The number of nitrogens with zero attached hydrogens (tertiary/aromatic N) is 4. The van der Waals surface area contributed by atoms with Gasteiger partial charge in [0.25, 0.3) is 11.7 Å². The fraction of sp³-hybridized carbons (Fsp3) is 0.690. The first kappa shape index (κ1) is 60.0. The lowest BCUT2D eigenvalue weighted by atomic mass is 9.78. The summed E-state index contributed by atoms with van der Waals surface area (Å²) in [5.41, 5.74) is -0.522. The number of fused-ring (bicyclic) bond motifs is 15. The van der Waals surface area contributed by atoms with E-state index in [9.17, 15) is 49.2 Å². The Bertz CT molecular complexity index is 2370. The van der Waals surface area contributed by atoms with Crippen LogP contribution in [0.1, 0.15) is 125 Å². The number of benzene rings is 1. The van der Waals surface area contributed by atoms with E-state index in [-0.39, 0.29) is 74.1 Å². The molecule has 1 saturated carbocycles. The Labute approximate surface area is 453 Å². The van der Waals surface area contributed by atoms with Crippen molar-refractivity contribution in [1.82, 2.24) is 14.9 Å². The standard InChI is InChI=1S/C58H84N4O15/c1-34-18-22-41-26-27-57(6,62-56(71)60(55(70)61(41)62)40-15-11-10-12-16-40)48(74-8)33-43-24-20-38(5)58(72,77-43)52(67)53(68)59-28-14-13-17-44(59)54(69)76-46(36(3)30-39-21-25-45(64)47(31-39)73-7)32-42(63)23-19-35(2)49(65)51(75-9)50(66)37(4)29-34/h10-12,15-16,18-19,22,26-27,34,36-39,41,43-49,51,55,64-65,70,72H,13-14,17,20-21,23-25,28-33H2,1-9H3/b22-18+,35-19+/t34-,36-,37-,38-,39+,41?,43+,44?,45-,46+,47-,48+,49-,51-,55?,57?,58-/m1/s1. The summed E-state index contributed by atoms with van der Waals surface area (Å²) < 4.78 is 30.0. The van der Waals surface area contributed by atoms with Crippen molar-refractivity contribution < 1.29 is 72.9 Å². The smallest absolute Gasteiger partial charge is 0.343 e. The minimum atomic E-state index is -2.60. The Morgan fingerprint density at radius 1 is 0.844 bits per heavy atom. The third-order valence-electron chi connectivity index (χ3n) is 17.4. The molecule has 4 unspecified atom stereocenters. The number of aliphatic hydroxyl groups is 4. The Hall–Kier alpha value is -4.70. The molecule has 4 bridgehead atoms. The van der Waals surface area contributed by atoms with Crippen LogP contribution in [0.5, 0.6) is 0 Å². The molecule has 0 spiro atoms. The van der Waals surface area contributed by atoms with E-state index in [4.69, 9.17) is 23.7 Å². The van der Waals surface area contributed by atoms with Crippen LogP contribution in [0.15, 0.2) is 66.3 Å². The third kappa shape index (κ3) is 12.8. The van der Waals surface area contributed by atoms with Gasteiger partial charge < -0.3 is 49.0 Å². The molecule has 1 aliphatic carbocycles. The quantitative estimate of drug-likeness (QED) is 0.148. The second-order valence-corrected chi connectivity index (χ2v) is 22.9. The zero-order valence-corrected chi connectivity index (χ0v) is 46.4. The summed E-state index contributed by atoms with van der Waals surface area (Å²) >= 11 is 0. The number of methoxy groups -OCH3 is 3. The highest BCUT2D eigenvalue weighted by atomic mass is 16.6. The van der Waals surface area contributed by atoms with Crippen LogP contribution >= 0.6 is 0 Å². The Morgan fingerprint density at radius 3 is 2.26 bits per heavy atom. The molecule has 17 atom stereocenters. The van der Waals surface area contributed by atoms with Crippen LogP contribution in [0.4, 0.5) is 10.5 Å². The molecule has 3 saturated heterocycles. The summed E-state index contributed by atoms with van der Waals surface area (Å²) in [6.45, 7) is 10.6.